The largest absolute Gasteiger partial charge is 0.459 e. The minimum Gasteiger partial charge on any atom is -0.459 e. The molecule has 1 aliphatic carbocycles. The van der Waals surface area contributed by atoms with Crippen molar-refractivity contribution in [2.75, 3.05) is 39.3 Å². The van der Waals surface area contributed by atoms with Crippen LogP contribution in [0.3, 0.4) is 0 Å². The van der Waals surface area contributed by atoms with E-state index in [2.05, 4.69) is 48.8 Å². The number of hydrogen-bond donors (Lipinski definition) is 0. The van der Waals surface area contributed by atoms with E-state index in [0.717, 1.165) is 24.0 Å². The maximum Gasteiger partial charge on any atom is 0.324 e. The van der Waals surface area contributed by atoms with Crippen LogP contribution >= 0.6 is 0 Å². The zero-order chi connectivity index (χ0) is 31.1. The molecule has 3 aliphatic rings. The Balaban J connectivity index is 1.31. The lowest BCUT2D eigenvalue weighted by atomic mass is 9.87. The van der Waals surface area contributed by atoms with Gasteiger partial charge in [-0.3, -0.25) is 19.4 Å². The summed E-state index contributed by atoms with van der Waals surface area (Å²) in [7, 11) is 0. The van der Waals surface area contributed by atoms with Gasteiger partial charge in [-0.05, 0) is 108 Å². The molecule has 0 aromatic heterocycles. The normalized spacial score (nSPS) is 22.5. The molecular weight excluding hydrogens is 541 g/mol. The van der Waals surface area contributed by atoms with Crippen LogP contribution in [0.2, 0.25) is 0 Å². The van der Waals surface area contributed by atoms with Crippen molar-refractivity contribution in [2.24, 2.45) is 5.92 Å². The van der Waals surface area contributed by atoms with E-state index >= 15 is 4.39 Å². The zero-order valence-electron chi connectivity index (χ0n) is 27.2. The molecule has 0 spiro atoms. The molecule has 0 N–H and O–H groups in total. The van der Waals surface area contributed by atoms with Crippen LogP contribution in [-0.4, -0.2) is 83.0 Å². The first kappa shape index (κ1) is 31.6. The molecule has 5 rings (SSSR count). The molecule has 0 bridgehead atoms. The molecule has 2 heterocycles. The van der Waals surface area contributed by atoms with Gasteiger partial charge in [0.05, 0.1) is 5.92 Å². The third kappa shape index (κ3) is 7.31. The van der Waals surface area contributed by atoms with E-state index < -0.39 is 11.6 Å². The van der Waals surface area contributed by atoms with Crippen molar-refractivity contribution >= 4 is 11.9 Å². The molecule has 2 saturated heterocycles. The van der Waals surface area contributed by atoms with Gasteiger partial charge >= 0.3 is 5.97 Å². The molecule has 43 heavy (non-hydrogen) atoms. The second-order valence-electron chi connectivity index (χ2n) is 14.9. The minimum atomic E-state index is -0.577. The summed E-state index contributed by atoms with van der Waals surface area (Å²) in [6, 6.07) is 11.6. The van der Waals surface area contributed by atoms with Crippen LogP contribution in [0, 0.1) is 18.7 Å². The van der Waals surface area contributed by atoms with E-state index in [4.69, 9.17) is 4.74 Å². The van der Waals surface area contributed by atoms with Crippen molar-refractivity contribution in [1.29, 1.82) is 0 Å². The van der Waals surface area contributed by atoms with Gasteiger partial charge < -0.3 is 9.64 Å². The molecule has 0 radical (unpaired) electrons. The second kappa shape index (κ2) is 12.3. The molecular formula is C36H50FN3O3. The predicted octanol–water partition coefficient (Wildman–Crippen LogP) is 5.53. The molecule has 2 aliphatic heterocycles. The van der Waals surface area contributed by atoms with Gasteiger partial charge in [-0.15, -0.1) is 0 Å². The number of likely N-dealkylation sites (tertiary alicyclic amines) is 1. The summed E-state index contributed by atoms with van der Waals surface area (Å²) in [5.74, 6) is -0.853. The SMILES string of the molecule is Cc1ccc(C2CN(C(C)(C)C)CC2C(=O)N2CCN([C@@H](Cc3ccc4c(c3)CCC4)C(=O)OC(C)(C)C)CC2)c(F)c1. The number of aryl methyl sites for hydroxylation is 3. The van der Waals surface area contributed by atoms with Gasteiger partial charge in [0, 0.05) is 50.7 Å². The second-order valence-corrected chi connectivity index (χ2v) is 14.9. The predicted molar refractivity (Wildman–Crippen MR) is 169 cm³/mol. The van der Waals surface area contributed by atoms with Crippen molar-refractivity contribution in [3.05, 3.63) is 70.0 Å². The van der Waals surface area contributed by atoms with E-state index in [9.17, 15) is 9.59 Å². The number of halogens is 1. The van der Waals surface area contributed by atoms with Crippen molar-refractivity contribution in [2.45, 2.75) is 97.2 Å². The summed E-state index contributed by atoms with van der Waals surface area (Å²) < 4.78 is 21.1. The number of amides is 1. The van der Waals surface area contributed by atoms with E-state index in [1.807, 2.05) is 44.7 Å². The van der Waals surface area contributed by atoms with E-state index in [1.54, 1.807) is 6.07 Å². The smallest absolute Gasteiger partial charge is 0.324 e. The molecule has 6 nitrogen and oxygen atoms in total. The maximum atomic E-state index is 15.2. The van der Waals surface area contributed by atoms with Crippen LogP contribution in [0.1, 0.15) is 81.7 Å². The fourth-order valence-corrected chi connectivity index (χ4v) is 7.04. The first-order valence-corrected chi connectivity index (χ1v) is 16.1. The summed E-state index contributed by atoms with van der Waals surface area (Å²) >= 11 is 0. The number of nitrogens with zero attached hydrogens (tertiary/aromatic N) is 3. The molecule has 2 aromatic rings. The topological polar surface area (TPSA) is 53.1 Å². The number of ether oxygens (including phenoxy) is 1. The average molecular weight is 592 g/mol. The van der Waals surface area contributed by atoms with Crippen LogP contribution in [0.4, 0.5) is 4.39 Å². The quantitative estimate of drug-likeness (QED) is 0.414. The highest BCUT2D eigenvalue weighted by Crippen LogP contribution is 2.39. The van der Waals surface area contributed by atoms with Gasteiger partial charge in [-0.25, -0.2) is 4.39 Å². The Labute approximate surface area is 257 Å². The van der Waals surface area contributed by atoms with Crippen LogP contribution in [0.5, 0.6) is 0 Å². The van der Waals surface area contributed by atoms with E-state index in [1.165, 1.54) is 17.5 Å². The van der Waals surface area contributed by atoms with E-state index in [-0.39, 0.29) is 35.1 Å². The van der Waals surface area contributed by atoms with Gasteiger partial charge in [-0.1, -0.05) is 30.3 Å². The molecule has 3 atom stereocenters. The average Bonchev–Trinajstić information content (AvgIpc) is 3.58. The van der Waals surface area contributed by atoms with Gasteiger partial charge in [0.1, 0.15) is 17.5 Å². The monoisotopic (exact) mass is 591 g/mol. The fourth-order valence-electron chi connectivity index (χ4n) is 7.04. The fraction of sp³-hybridized carbons (Fsp3) is 0.611. The first-order chi connectivity index (χ1) is 20.2. The van der Waals surface area contributed by atoms with Crippen LogP contribution in [-0.2, 0) is 33.6 Å². The van der Waals surface area contributed by atoms with Crippen LogP contribution in [0.15, 0.2) is 36.4 Å². The summed E-state index contributed by atoms with van der Waals surface area (Å²) in [5.41, 5.74) is 4.80. The summed E-state index contributed by atoms with van der Waals surface area (Å²) in [4.78, 5) is 34.1. The molecule has 2 fully saturated rings. The molecule has 7 heteroatoms. The van der Waals surface area contributed by atoms with Crippen molar-refractivity contribution in [1.82, 2.24) is 14.7 Å². The number of esters is 1. The third-order valence-electron chi connectivity index (χ3n) is 9.48. The Morgan fingerprint density at radius 3 is 2.28 bits per heavy atom. The highest BCUT2D eigenvalue weighted by Gasteiger charge is 2.45. The first-order valence-electron chi connectivity index (χ1n) is 16.1. The lowest BCUT2D eigenvalue weighted by Gasteiger charge is -2.40. The number of carbonyl (C=O) groups excluding carboxylic acids is 2. The summed E-state index contributed by atoms with van der Waals surface area (Å²) in [6.45, 7) is 17.6. The van der Waals surface area contributed by atoms with Gasteiger partial charge in [0.25, 0.3) is 0 Å². The number of benzene rings is 2. The minimum absolute atomic E-state index is 0.0869. The standard InChI is InChI=1S/C36H50FN3O3/c1-24-11-14-28(31(37)19-24)29-22-40(35(2,3)4)23-30(29)33(41)39-17-15-38(16-18-39)32(34(42)43-36(5,6)7)21-25-12-13-26-9-8-10-27(26)20-25/h11-14,19-20,29-30,32H,8-10,15-18,21-23H2,1-7H3/t29?,30?,32-/m0/s1. The highest BCUT2D eigenvalue weighted by molar-refractivity contribution is 5.81. The lowest BCUT2D eigenvalue weighted by molar-refractivity contribution is -0.162. The number of fused-ring (bicyclic) bond motifs is 1. The van der Waals surface area contributed by atoms with Crippen molar-refractivity contribution in [3.63, 3.8) is 0 Å². The molecule has 1 amide bonds. The Morgan fingerprint density at radius 2 is 1.63 bits per heavy atom. The lowest BCUT2D eigenvalue weighted by Crippen LogP contribution is -2.56. The highest BCUT2D eigenvalue weighted by atomic mass is 19.1. The molecule has 2 aromatic carbocycles. The number of piperazine rings is 1. The molecule has 234 valence electrons. The zero-order valence-corrected chi connectivity index (χ0v) is 27.2. The summed E-state index contributed by atoms with van der Waals surface area (Å²) in [6.07, 6.45) is 4.01. The number of rotatable bonds is 6. The van der Waals surface area contributed by atoms with Crippen LogP contribution < -0.4 is 0 Å². The van der Waals surface area contributed by atoms with Gasteiger partial charge in [0.15, 0.2) is 0 Å². The maximum absolute atomic E-state index is 15.2. The Morgan fingerprint density at radius 1 is 0.930 bits per heavy atom. The molecule has 2 unspecified atom stereocenters. The van der Waals surface area contributed by atoms with Crippen molar-refractivity contribution in [3.8, 4) is 0 Å². The van der Waals surface area contributed by atoms with Gasteiger partial charge in [-0.2, -0.15) is 0 Å². The number of carbonyl (C=O) groups is 2. The molecule has 0 saturated carbocycles. The van der Waals surface area contributed by atoms with E-state index in [0.29, 0.717) is 51.3 Å². The summed E-state index contributed by atoms with van der Waals surface area (Å²) in [5, 5.41) is 0. The van der Waals surface area contributed by atoms with Crippen LogP contribution in [0.25, 0.3) is 0 Å². The number of hydrogen-bond acceptors (Lipinski definition) is 5. The van der Waals surface area contributed by atoms with Crippen molar-refractivity contribution < 1.29 is 18.7 Å². The Bertz CT molecular complexity index is 1340. The Hall–Kier alpha value is -2.77. The third-order valence-corrected chi connectivity index (χ3v) is 9.48. The Kier molecular flexibility index (Phi) is 9.06. The van der Waals surface area contributed by atoms with Gasteiger partial charge in [0.2, 0.25) is 5.91 Å².